The molecule has 0 heterocycles. The fourth-order valence-corrected chi connectivity index (χ4v) is 2.25. The van der Waals surface area contributed by atoms with E-state index in [0.29, 0.717) is 5.75 Å². The SMILES string of the molecule is C#CCC(=O)CSc1cccc(Br)c1. The molecule has 0 aromatic heterocycles. The molecule has 0 saturated heterocycles. The smallest absolute Gasteiger partial charge is 0.154 e. The molecule has 0 unspecified atom stereocenters. The lowest BCUT2D eigenvalue weighted by molar-refractivity contribution is -0.115. The van der Waals surface area contributed by atoms with Gasteiger partial charge in [0.25, 0.3) is 0 Å². The first-order valence-electron chi connectivity index (χ1n) is 4.06. The van der Waals surface area contributed by atoms with E-state index in [0.717, 1.165) is 9.37 Å². The van der Waals surface area contributed by atoms with E-state index in [1.165, 1.54) is 11.8 Å². The second-order valence-electron chi connectivity index (χ2n) is 2.67. The number of rotatable bonds is 4. The minimum atomic E-state index is 0.0949. The number of Topliss-reactive ketones (excluding diaryl/α,β-unsaturated/α-hetero) is 1. The number of ketones is 1. The molecule has 0 spiro atoms. The molecule has 0 aliphatic carbocycles. The molecular formula is C11H9BrOS. The van der Waals surface area contributed by atoms with Gasteiger partial charge in [0, 0.05) is 9.37 Å². The van der Waals surface area contributed by atoms with Crippen LogP contribution in [-0.2, 0) is 4.79 Å². The molecule has 0 amide bonds. The average Bonchev–Trinajstić information content (AvgIpc) is 2.15. The summed E-state index contributed by atoms with van der Waals surface area (Å²) in [6.07, 6.45) is 5.26. The van der Waals surface area contributed by atoms with Crippen LogP contribution in [0.4, 0.5) is 0 Å². The molecular weight excluding hydrogens is 260 g/mol. The standard InChI is InChI=1S/C11H9BrOS/c1-2-4-10(13)8-14-11-6-3-5-9(12)7-11/h1,3,5-7H,4,8H2. The van der Waals surface area contributed by atoms with Crippen molar-refractivity contribution in [2.24, 2.45) is 0 Å². The van der Waals surface area contributed by atoms with Gasteiger partial charge >= 0.3 is 0 Å². The highest BCUT2D eigenvalue weighted by molar-refractivity contribution is 9.10. The first-order valence-corrected chi connectivity index (χ1v) is 5.84. The monoisotopic (exact) mass is 268 g/mol. The van der Waals surface area contributed by atoms with Crippen molar-refractivity contribution in [3.05, 3.63) is 28.7 Å². The first kappa shape index (κ1) is 11.4. The van der Waals surface area contributed by atoms with Crippen LogP contribution in [-0.4, -0.2) is 11.5 Å². The van der Waals surface area contributed by atoms with Crippen LogP contribution in [0.15, 0.2) is 33.6 Å². The molecule has 0 bridgehead atoms. The van der Waals surface area contributed by atoms with E-state index in [1.54, 1.807) is 0 Å². The zero-order valence-electron chi connectivity index (χ0n) is 7.50. The van der Waals surface area contributed by atoms with Crippen LogP contribution >= 0.6 is 27.7 Å². The van der Waals surface area contributed by atoms with Gasteiger partial charge in [-0.05, 0) is 18.2 Å². The number of carbonyl (C=O) groups is 1. The van der Waals surface area contributed by atoms with E-state index in [4.69, 9.17) is 6.42 Å². The third-order valence-corrected chi connectivity index (χ3v) is 3.04. The molecule has 0 fully saturated rings. The molecule has 0 radical (unpaired) electrons. The number of hydrogen-bond acceptors (Lipinski definition) is 2. The van der Waals surface area contributed by atoms with Crippen LogP contribution in [0.3, 0.4) is 0 Å². The van der Waals surface area contributed by atoms with Crippen molar-refractivity contribution >= 4 is 33.5 Å². The first-order chi connectivity index (χ1) is 6.72. The third-order valence-electron chi connectivity index (χ3n) is 1.50. The molecule has 0 aliphatic heterocycles. The van der Waals surface area contributed by atoms with Crippen molar-refractivity contribution in [2.45, 2.75) is 11.3 Å². The lowest BCUT2D eigenvalue weighted by atomic mass is 10.3. The Bertz CT molecular complexity index is 368. The second kappa shape index (κ2) is 5.90. The maximum absolute atomic E-state index is 11.1. The fourth-order valence-electron chi connectivity index (χ4n) is 0.885. The highest BCUT2D eigenvalue weighted by Gasteiger charge is 2.01. The molecule has 1 rings (SSSR count). The van der Waals surface area contributed by atoms with E-state index < -0.39 is 0 Å². The molecule has 0 N–H and O–H groups in total. The summed E-state index contributed by atoms with van der Waals surface area (Å²) in [5.41, 5.74) is 0. The predicted octanol–water partition coefficient (Wildman–Crippen LogP) is 3.13. The van der Waals surface area contributed by atoms with Crippen molar-refractivity contribution in [3.8, 4) is 12.3 Å². The van der Waals surface area contributed by atoms with Crippen molar-refractivity contribution in [1.82, 2.24) is 0 Å². The lowest BCUT2D eigenvalue weighted by Crippen LogP contribution is -1.98. The summed E-state index contributed by atoms with van der Waals surface area (Å²) >= 11 is 4.88. The minimum Gasteiger partial charge on any atom is -0.298 e. The van der Waals surface area contributed by atoms with Gasteiger partial charge in [-0.1, -0.05) is 27.9 Å². The topological polar surface area (TPSA) is 17.1 Å². The Kier molecular flexibility index (Phi) is 4.78. The zero-order chi connectivity index (χ0) is 10.4. The number of hydrogen-bond donors (Lipinski definition) is 0. The maximum Gasteiger partial charge on any atom is 0.154 e. The van der Waals surface area contributed by atoms with Crippen LogP contribution in [0, 0.1) is 12.3 Å². The molecule has 3 heteroatoms. The van der Waals surface area contributed by atoms with E-state index in [1.807, 2.05) is 24.3 Å². The van der Waals surface area contributed by atoms with Gasteiger partial charge in [-0.15, -0.1) is 18.2 Å². The minimum absolute atomic E-state index is 0.0949. The van der Waals surface area contributed by atoms with Crippen molar-refractivity contribution in [1.29, 1.82) is 0 Å². The predicted molar refractivity (Wildman–Crippen MR) is 63.3 cm³/mol. The summed E-state index contributed by atoms with van der Waals surface area (Å²) in [6.45, 7) is 0. The van der Waals surface area contributed by atoms with Gasteiger partial charge in [0.05, 0.1) is 12.2 Å². The summed E-state index contributed by atoms with van der Waals surface area (Å²) in [5, 5.41) is 0. The van der Waals surface area contributed by atoms with Crippen molar-refractivity contribution in [2.75, 3.05) is 5.75 Å². The number of carbonyl (C=O) groups excluding carboxylic acids is 1. The van der Waals surface area contributed by atoms with E-state index in [2.05, 4.69) is 21.9 Å². The lowest BCUT2D eigenvalue weighted by Gasteiger charge is -1.99. The van der Waals surface area contributed by atoms with E-state index >= 15 is 0 Å². The molecule has 0 aliphatic rings. The number of thioether (sulfide) groups is 1. The Hall–Kier alpha value is -0.720. The zero-order valence-corrected chi connectivity index (χ0v) is 9.90. The fraction of sp³-hybridized carbons (Fsp3) is 0.182. The highest BCUT2D eigenvalue weighted by Crippen LogP contribution is 2.21. The summed E-state index contributed by atoms with van der Waals surface area (Å²) in [7, 11) is 0. The van der Waals surface area contributed by atoms with Crippen LogP contribution < -0.4 is 0 Å². The maximum atomic E-state index is 11.1. The van der Waals surface area contributed by atoms with Gasteiger partial charge in [-0.2, -0.15) is 0 Å². The molecule has 14 heavy (non-hydrogen) atoms. The van der Waals surface area contributed by atoms with Gasteiger partial charge in [-0.3, -0.25) is 4.79 Å². The Morgan fingerprint density at radius 3 is 3.00 bits per heavy atom. The Morgan fingerprint density at radius 1 is 1.57 bits per heavy atom. The van der Waals surface area contributed by atoms with Gasteiger partial charge in [-0.25, -0.2) is 0 Å². The van der Waals surface area contributed by atoms with Crippen LogP contribution in [0.25, 0.3) is 0 Å². The largest absolute Gasteiger partial charge is 0.298 e. The van der Waals surface area contributed by atoms with Crippen LogP contribution in [0.1, 0.15) is 6.42 Å². The Labute approximate surface area is 96.4 Å². The van der Waals surface area contributed by atoms with Crippen molar-refractivity contribution in [3.63, 3.8) is 0 Å². The van der Waals surface area contributed by atoms with Gasteiger partial charge in [0.15, 0.2) is 5.78 Å². The third kappa shape index (κ3) is 3.99. The second-order valence-corrected chi connectivity index (χ2v) is 4.63. The molecule has 72 valence electrons. The van der Waals surface area contributed by atoms with Crippen LogP contribution in [0.2, 0.25) is 0 Å². The average molecular weight is 269 g/mol. The molecule has 1 aromatic carbocycles. The number of terminal acetylenes is 1. The molecule has 0 atom stereocenters. The van der Waals surface area contributed by atoms with E-state index in [-0.39, 0.29) is 12.2 Å². The summed E-state index contributed by atoms with van der Waals surface area (Å²) in [4.78, 5) is 12.2. The summed E-state index contributed by atoms with van der Waals surface area (Å²) < 4.78 is 1.02. The van der Waals surface area contributed by atoms with E-state index in [9.17, 15) is 4.79 Å². The summed E-state index contributed by atoms with van der Waals surface area (Å²) in [5.74, 6) is 2.88. The molecule has 1 nitrogen and oxygen atoms in total. The van der Waals surface area contributed by atoms with Gasteiger partial charge in [0.2, 0.25) is 0 Å². The summed E-state index contributed by atoms with van der Waals surface area (Å²) in [6, 6.07) is 7.85. The quantitative estimate of drug-likeness (QED) is 0.617. The number of benzene rings is 1. The number of halogens is 1. The molecule has 1 aromatic rings. The van der Waals surface area contributed by atoms with Crippen molar-refractivity contribution < 1.29 is 4.79 Å². The Balaban J connectivity index is 2.46. The van der Waals surface area contributed by atoms with Gasteiger partial charge < -0.3 is 0 Å². The van der Waals surface area contributed by atoms with Gasteiger partial charge in [0.1, 0.15) is 0 Å². The molecule has 0 saturated carbocycles. The Morgan fingerprint density at radius 2 is 2.36 bits per heavy atom. The normalized spacial score (nSPS) is 9.43. The highest BCUT2D eigenvalue weighted by atomic mass is 79.9. The van der Waals surface area contributed by atoms with Crippen LogP contribution in [0.5, 0.6) is 0 Å².